The summed E-state index contributed by atoms with van der Waals surface area (Å²) in [7, 11) is 0. The van der Waals surface area contributed by atoms with E-state index in [9.17, 15) is 0 Å². The summed E-state index contributed by atoms with van der Waals surface area (Å²) in [6.45, 7) is 8.59. The minimum absolute atomic E-state index is 0.548. The van der Waals surface area contributed by atoms with Crippen molar-refractivity contribution in [2.24, 2.45) is 0 Å². The van der Waals surface area contributed by atoms with Crippen LogP contribution in [0, 0.1) is 13.8 Å². The first-order valence-corrected chi connectivity index (χ1v) is 7.51. The quantitative estimate of drug-likeness (QED) is 0.643. The molecular weight excluding hydrogens is 260 g/mol. The number of unbranched alkanes of at least 4 members (excludes halogenated alkanes) is 1. The highest BCUT2D eigenvalue weighted by molar-refractivity contribution is 6.30. The van der Waals surface area contributed by atoms with Gasteiger partial charge in [-0.2, -0.15) is 0 Å². The van der Waals surface area contributed by atoms with E-state index in [1.165, 1.54) is 38.9 Å². The van der Waals surface area contributed by atoms with E-state index in [0.29, 0.717) is 11.1 Å². The Morgan fingerprint density at radius 1 is 1.16 bits per heavy atom. The van der Waals surface area contributed by atoms with Crippen LogP contribution in [-0.4, -0.2) is 41.0 Å². The Hall–Kier alpha value is -0.870. The molecule has 2 rings (SSSR count). The van der Waals surface area contributed by atoms with Crippen molar-refractivity contribution in [3.05, 3.63) is 16.4 Å². The second kappa shape index (κ2) is 7.06. The molecule has 2 heterocycles. The van der Waals surface area contributed by atoms with Gasteiger partial charge in [0.25, 0.3) is 0 Å². The van der Waals surface area contributed by atoms with E-state index in [2.05, 4.69) is 20.2 Å². The van der Waals surface area contributed by atoms with Crippen LogP contribution in [0.15, 0.2) is 0 Å². The van der Waals surface area contributed by atoms with Crippen LogP contribution in [0.4, 0.5) is 5.95 Å². The number of hydrogen-bond donors (Lipinski definition) is 1. The predicted octanol–water partition coefficient (Wildman–Crippen LogP) is 3.03. The van der Waals surface area contributed by atoms with Crippen molar-refractivity contribution in [1.29, 1.82) is 0 Å². The topological polar surface area (TPSA) is 41.1 Å². The second-order valence-corrected chi connectivity index (χ2v) is 5.59. The van der Waals surface area contributed by atoms with E-state index in [4.69, 9.17) is 11.6 Å². The average Bonchev–Trinajstić information content (AvgIpc) is 2.88. The Morgan fingerprint density at radius 3 is 2.58 bits per heavy atom. The zero-order chi connectivity index (χ0) is 13.7. The Morgan fingerprint density at radius 2 is 1.89 bits per heavy atom. The van der Waals surface area contributed by atoms with Gasteiger partial charge in [0.2, 0.25) is 5.95 Å². The highest BCUT2D eigenvalue weighted by Crippen LogP contribution is 2.16. The maximum absolute atomic E-state index is 6.05. The third-order valence-corrected chi connectivity index (χ3v) is 4.08. The van der Waals surface area contributed by atoms with Gasteiger partial charge in [-0.3, -0.25) is 0 Å². The van der Waals surface area contributed by atoms with E-state index in [0.717, 1.165) is 24.2 Å². The van der Waals surface area contributed by atoms with Crippen LogP contribution >= 0.6 is 11.6 Å². The second-order valence-electron chi connectivity index (χ2n) is 5.23. The zero-order valence-corrected chi connectivity index (χ0v) is 12.6. The van der Waals surface area contributed by atoms with Crippen molar-refractivity contribution in [3.8, 4) is 0 Å². The first kappa shape index (κ1) is 14.5. The van der Waals surface area contributed by atoms with Crippen molar-refractivity contribution in [3.63, 3.8) is 0 Å². The number of halogens is 1. The summed E-state index contributed by atoms with van der Waals surface area (Å²) in [4.78, 5) is 11.2. The van der Waals surface area contributed by atoms with Crippen LogP contribution in [0.25, 0.3) is 0 Å². The van der Waals surface area contributed by atoms with E-state index in [1.54, 1.807) is 0 Å². The lowest BCUT2D eigenvalue weighted by Crippen LogP contribution is -2.21. The molecule has 1 aliphatic rings. The Labute approximate surface area is 120 Å². The van der Waals surface area contributed by atoms with Gasteiger partial charge in [0.05, 0.1) is 0 Å². The number of nitrogens with zero attached hydrogens (tertiary/aromatic N) is 3. The van der Waals surface area contributed by atoms with Gasteiger partial charge in [-0.05, 0) is 59.2 Å². The van der Waals surface area contributed by atoms with E-state index in [-0.39, 0.29) is 0 Å². The normalized spacial score (nSPS) is 15.9. The molecule has 0 amide bonds. The van der Waals surface area contributed by atoms with Crippen molar-refractivity contribution in [2.45, 2.75) is 39.5 Å². The molecule has 1 fully saturated rings. The summed E-state index contributed by atoms with van der Waals surface area (Å²) in [6.07, 6.45) is 5.11. The lowest BCUT2D eigenvalue weighted by Gasteiger charge is -2.14. The van der Waals surface area contributed by atoms with Crippen LogP contribution < -0.4 is 5.32 Å². The molecule has 0 spiro atoms. The van der Waals surface area contributed by atoms with Gasteiger partial charge < -0.3 is 10.2 Å². The molecule has 19 heavy (non-hydrogen) atoms. The summed E-state index contributed by atoms with van der Waals surface area (Å²) in [5, 5.41) is 3.80. The van der Waals surface area contributed by atoms with Crippen molar-refractivity contribution in [1.82, 2.24) is 14.9 Å². The van der Waals surface area contributed by atoms with Crippen molar-refractivity contribution in [2.75, 3.05) is 31.5 Å². The molecule has 0 bridgehead atoms. The molecule has 1 N–H and O–H groups in total. The summed E-state index contributed by atoms with van der Waals surface area (Å²) in [5.41, 5.74) is 1.90. The van der Waals surface area contributed by atoms with Crippen molar-refractivity contribution < 1.29 is 0 Å². The SMILES string of the molecule is Cc1nc(NCCCCN2CCCC2)nc(Cl)c1C. The van der Waals surface area contributed by atoms with Gasteiger partial charge in [-0.1, -0.05) is 11.6 Å². The Balaban J connectivity index is 1.67. The van der Waals surface area contributed by atoms with Gasteiger partial charge >= 0.3 is 0 Å². The molecular formula is C14H23ClN4. The summed E-state index contributed by atoms with van der Waals surface area (Å²) in [6, 6.07) is 0. The molecule has 0 radical (unpaired) electrons. The fourth-order valence-electron chi connectivity index (χ4n) is 2.34. The lowest BCUT2D eigenvalue weighted by atomic mass is 10.3. The largest absolute Gasteiger partial charge is 0.354 e. The minimum Gasteiger partial charge on any atom is -0.354 e. The average molecular weight is 283 g/mol. The third-order valence-electron chi connectivity index (χ3n) is 3.71. The fourth-order valence-corrected chi connectivity index (χ4v) is 2.56. The van der Waals surface area contributed by atoms with E-state index < -0.39 is 0 Å². The molecule has 1 saturated heterocycles. The Bertz CT molecular complexity index is 393. The highest BCUT2D eigenvalue weighted by Gasteiger charge is 2.10. The maximum Gasteiger partial charge on any atom is 0.224 e. The number of likely N-dealkylation sites (tertiary alicyclic amines) is 1. The van der Waals surface area contributed by atoms with Crippen LogP contribution in [0.5, 0.6) is 0 Å². The molecule has 106 valence electrons. The first-order chi connectivity index (χ1) is 9.16. The lowest BCUT2D eigenvalue weighted by molar-refractivity contribution is 0.331. The number of aromatic nitrogens is 2. The maximum atomic E-state index is 6.05. The Kier molecular flexibility index (Phi) is 5.40. The van der Waals surface area contributed by atoms with Gasteiger partial charge in [0.1, 0.15) is 5.15 Å². The molecule has 0 aliphatic carbocycles. The molecule has 4 nitrogen and oxygen atoms in total. The van der Waals surface area contributed by atoms with Gasteiger partial charge in [-0.15, -0.1) is 0 Å². The van der Waals surface area contributed by atoms with E-state index >= 15 is 0 Å². The molecule has 1 aliphatic heterocycles. The summed E-state index contributed by atoms with van der Waals surface area (Å²) in [5.74, 6) is 0.647. The third kappa shape index (κ3) is 4.32. The standard InChI is InChI=1S/C14H23ClN4/c1-11-12(2)17-14(18-13(11)15)16-7-3-4-8-19-9-5-6-10-19/h3-10H2,1-2H3,(H,16,17,18). The number of nitrogens with one attached hydrogen (secondary N) is 1. The molecule has 0 aromatic carbocycles. The fraction of sp³-hybridized carbons (Fsp3) is 0.714. The van der Waals surface area contributed by atoms with Crippen molar-refractivity contribution >= 4 is 17.5 Å². The van der Waals surface area contributed by atoms with E-state index in [1.807, 2.05) is 13.8 Å². The smallest absolute Gasteiger partial charge is 0.224 e. The minimum atomic E-state index is 0.548. The van der Waals surface area contributed by atoms with Crippen LogP contribution in [0.2, 0.25) is 5.15 Å². The zero-order valence-electron chi connectivity index (χ0n) is 11.9. The summed E-state index contributed by atoms with van der Waals surface area (Å²) >= 11 is 6.05. The monoisotopic (exact) mass is 282 g/mol. The number of hydrogen-bond acceptors (Lipinski definition) is 4. The molecule has 1 aromatic heterocycles. The molecule has 0 unspecified atom stereocenters. The number of rotatable bonds is 6. The van der Waals surface area contributed by atoms with Crippen LogP contribution in [0.1, 0.15) is 36.9 Å². The molecule has 0 atom stereocenters. The first-order valence-electron chi connectivity index (χ1n) is 7.14. The molecule has 5 heteroatoms. The number of aryl methyl sites for hydroxylation is 1. The number of anilines is 1. The van der Waals surface area contributed by atoms with Gasteiger partial charge in [0.15, 0.2) is 0 Å². The summed E-state index contributed by atoms with van der Waals surface area (Å²) < 4.78 is 0. The molecule has 1 aromatic rings. The van der Waals surface area contributed by atoms with Gasteiger partial charge in [-0.25, -0.2) is 9.97 Å². The predicted molar refractivity (Wildman–Crippen MR) is 79.9 cm³/mol. The highest BCUT2D eigenvalue weighted by atomic mass is 35.5. The van der Waals surface area contributed by atoms with Crippen LogP contribution in [-0.2, 0) is 0 Å². The van der Waals surface area contributed by atoms with Gasteiger partial charge in [0, 0.05) is 17.8 Å². The molecule has 0 saturated carbocycles. The van der Waals surface area contributed by atoms with Crippen LogP contribution in [0.3, 0.4) is 0 Å².